The van der Waals surface area contributed by atoms with E-state index in [1.807, 2.05) is 37.3 Å². The Morgan fingerprint density at radius 3 is 2.67 bits per heavy atom. The molecule has 0 N–H and O–H groups in total. The van der Waals surface area contributed by atoms with Crippen LogP contribution in [0.15, 0.2) is 50.7 Å². The van der Waals surface area contributed by atoms with Crippen LogP contribution in [-0.2, 0) is 13.6 Å². The molecular formula is C18H14ClN3O2. The third-order valence-corrected chi connectivity index (χ3v) is 4.49. The summed E-state index contributed by atoms with van der Waals surface area (Å²) in [4.78, 5) is 16.9. The van der Waals surface area contributed by atoms with E-state index in [1.165, 1.54) is 0 Å². The number of hydrogen-bond acceptors (Lipinski definition) is 4. The Balaban J connectivity index is 2.05. The molecule has 5 nitrogen and oxygen atoms in total. The van der Waals surface area contributed by atoms with Gasteiger partial charge in [-0.15, -0.1) is 0 Å². The SMILES string of the molecule is Cc1noc2c1-c1ccc(=O)n(C)c1C(c1ccc(Cl)cc1)=NC2. The molecule has 0 unspecified atom stereocenters. The predicted octanol–water partition coefficient (Wildman–Crippen LogP) is 3.35. The van der Waals surface area contributed by atoms with E-state index in [-0.39, 0.29) is 5.56 Å². The summed E-state index contributed by atoms with van der Waals surface area (Å²) in [6, 6.07) is 10.8. The Morgan fingerprint density at radius 1 is 1.17 bits per heavy atom. The first-order valence-corrected chi connectivity index (χ1v) is 7.90. The number of aliphatic imine (C=N–C) groups is 1. The van der Waals surface area contributed by atoms with Crippen molar-refractivity contribution in [2.75, 3.05) is 0 Å². The highest BCUT2D eigenvalue weighted by molar-refractivity contribution is 6.30. The first-order chi connectivity index (χ1) is 11.6. The molecule has 0 spiro atoms. The molecular weight excluding hydrogens is 326 g/mol. The molecule has 0 aliphatic carbocycles. The Hall–Kier alpha value is -2.66. The van der Waals surface area contributed by atoms with E-state index in [2.05, 4.69) is 5.16 Å². The lowest BCUT2D eigenvalue weighted by Gasteiger charge is -2.14. The van der Waals surface area contributed by atoms with Crippen LogP contribution in [0.2, 0.25) is 5.02 Å². The van der Waals surface area contributed by atoms with Crippen molar-refractivity contribution in [1.29, 1.82) is 0 Å². The van der Waals surface area contributed by atoms with Crippen LogP contribution in [0.3, 0.4) is 0 Å². The molecule has 0 atom stereocenters. The molecule has 1 aliphatic heterocycles. The lowest BCUT2D eigenvalue weighted by molar-refractivity contribution is 0.382. The first kappa shape index (κ1) is 14.9. The van der Waals surface area contributed by atoms with E-state index < -0.39 is 0 Å². The second-order valence-corrected chi connectivity index (χ2v) is 6.17. The van der Waals surface area contributed by atoms with Crippen LogP contribution in [0.1, 0.15) is 22.7 Å². The van der Waals surface area contributed by atoms with Crippen LogP contribution in [0.5, 0.6) is 0 Å². The van der Waals surface area contributed by atoms with Crippen LogP contribution < -0.4 is 5.56 Å². The summed E-state index contributed by atoms with van der Waals surface area (Å²) in [5.74, 6) is 0.705. The van der Waals surface area contributed by atoms with E-state index in [0.29, 0.717) is 17.3 Å². The molecule has 3 aromatic rings. The van der Waals surface area contributed by atoms with Crippen LogP contribution in [0, 0.1) is 6.92 Å². The second-order valence-electron chi connectivity index (χ2n) is 5.73. The van der Waals surface area contributed by atoms with Gasteiger partial charge >= 0.3 is 0 Å². The van der Waals surface area contributed by atoms with E-state index in [0.717, 1.165) is 33.8 Å². The summed E-state index contributed by atoms with van der Waals surface area (Å²) in [5, 5.41) is 4.71. The fourth-order valence-corrected chi connectivity index (χ4v) is 3.18. The van der Waals surface area contributed by atoms with Crippen LogP contribution in [-0.4, -0.2) is 15.4 Å². The van der Waals surface area contributed by atoms with Crippen molar-refractivity contribution in [3.05, 3.63) is 74.5 Å². The molecule has 1 aromatic carbocycles. The Kier molecular flexibility index (Phi) is 3.39. The zero-order valence-corrected chi connectivity index (χ0v) is 14.0. The van der Waals surface area contributed by atoms with Gasteiger partial charge in [-0.3, -0.25) is 9.79 Å². The van der Waals surface area contributed by atoms with Gasteiger partial charge in [-0.25, -0.2) is 0 Å². The normalized spacial score (nSPS) is 13.0. The highest BCUT2D eigenvalue weighted by Gasteiger charge is 2.26. The lowest BCUT2D eigenvalue weighted by atomic mass is 9.97. The number of rotatable bonds is 1. The van der Waals surface area contributed by atoms with Crippen LogP contribution >= 0.6 is 11.6 Å². The average molecular weight is 340 g/mol. The Labute approximate surface area is 143 Å². The van der Waals surface area contributed by atoms with Gasteiger partial charge in [0.25, 0.3) is 5.56 Å². The number of aryl methyl sites for hydroxylation is 1. The maximum atomic E-state index is 12.2. The quantitative estimate of drug-likeness (QED) is 0.683. The molecule has 4 rings (SSSR count). The summed E-state index contributed by atoms with van der Waals surface area (Å²) in [7, 11) is 1.75. The van der Waals surface area contributed by atoms with Gasteiger partial charge in [0, 0.05) is 29.3 Å². The van der Waals surface area contributed by atoms with E-state index in [4.69, 9.17) is 21.1 Å². The van der Waals surface area contributed by atoms with Crippen molar-refractivity contribution in [1.82, 2.24) is 9.72 Å². The van der Waals surface area contributed by atoms with E-state index in [1.54, 1.807) is 17.7 Å². The number of nitrogens with zero attached hydrogens (tertiary/aromatic N) is 3. The largest absolute Gasteiger partial charge is 0.358 e. The summed E-state index contributed by atoms with van der Waals surface area (Å²) in [6.45, 7) is 2.27. The van der Waals surface area contributed by atoms with Gasteiger partial charge in [-0.2, -0.15) is 0 Å². The summed E-state index contributed by atoms with van der Waals surface area (Å²) >= 11 is 6.00. The van der Waals surface area contributed by atoms with Gasteiger partial charge in [0.15, 0.2) is 5.76 Å². The molecule has 2 aromatic heterocycles. The minimum atomic E-state index is -0.0898. The van der Waals surface area contributed by atoms with Crippen molar-refractivity contribution < 1.29 is 4.52 Å². The van der Waals surface area contributed by atoms with Gasteiger partial charge in [-0.05, 0) is 25.1 Å². The highest BCUT2D eigenvalue weighted by atomic mass is 35.5. The van der Waals surface area contributed by atoms with E-state index in [9.17, 15) is 4.79 Å². The zero-order valence-electron chi connectivity index (χ0n) is 13.2. The third kappa shape index (κ3) is 2.20. The molecule has 0 fully saturated rings. The molecule has 120 valence electrons. The van der Waals surface area contributed by atoms with Crippen molar-refractivity contribution >= 4 is 17.3 Å². The Bertz CT molecular complexity index is 1030. The van der Waals surface area contributed by atoms with Gasteiger partial charge in [-0.1, -0.05) is 28.9 Å². The monoisotopic (exact) mass is 339 g/mol. The van der Waals surface area contributed by atoms with Gasteiger partial charge in [0.05, 0.1) is 22.7 Å². The molecule has 6 heteroatoms. The average Bonchev–Trinajstić information content (AvgIpc) is 2.85. The standard InChI is InChI=1S/C18H14ClN3O2/c1-10-16-13-7-8-15(23)22(2)18(13)17(20-9-14(16)24-21-10)11-3-5-12(19)6-4-11/h3-8H,9H2,1-2H3. The maximum Gasteiger partial charge on any atom is 0.250 e. The van der Waals surface area contributed by atoms with Crippen molar-refractivity contribution in [2.45, 2.75) is 13.5 Å². The zero-order chi connectivity index (χ0) is 16.8. The molecule has 0 amide bonds. The summed E-state index contributed by atoms with van der Waals surface area (Å²) in [6.07, 6.45) is 0. The smallest absolute Gasteiger partial charge is 0.250 e. The number of hydrogen-bond donors (Lipinski definition) is 0. The molecule has 0 saturated heterocycles. The van der Waals surface area contributed by atoms with Crippen molar-refractivity contribution in [2.24, 2.45) is 12.0 Å². The van der Waals surface area contributed by atoms with Crippen LogP contribution in [0.25, 0.3) is 11.1 Å². The minimum Gasteiger partial charge on any atom is -0.358 e. The number of pyridine rings is 1. The summed E-state index contributed by atoms with van der Waals surface area (Å²) in [5.41, 5.74) is 4.91. The fourth-order valence-electron chi connectivity index (χ4n) is 3.06. The second kappa shape index (κ2) is 5.46. The van der Waals surface area contributed by atoms with Crippen LogP contribution in [0.4, 0.5) is 0 Å². The number of fused-ring (bicyclic) bond motifs is 3. The number of halogens is 1. The Morgan fingerprint density at radius 2 is 1.92 bits per heavy atom. The van der Waals surface area contributed by atoms with Gasteiger partial charge in [0.1, 0.15) is 6.54 Å². The minimum absolute atomic E-state index is 0.0898. The topological polar surface area (TPSA) is 60.4 Å². The lowest BCUT2D eigenvalue weighted by Crippen LogP contribution is -2.24. The molecule has 0 radical (unpaired) electrons. The first-order valence-electron chi connectivity index (χ1n) is 7.52. The summed E-state index contributed by atoms with van der Waals surface area (Å²) < 4.78 is 7.05. The van der Waals surface area contributed by atoms with Gasteiger partial charge in [0.2, 0.25) is 0 Å². The van der Waals surface area contributed by atoms with Gasteiger partial charge < -0.3 is 9.09 Å². The van der Waals surface area contributed by atoms with Crippen molar-refractivity contribution in [3.63, 3.8) is 0 Å². The maximum absolute atomic E-state index is 12.2. The van der Waals surface area contributed by atoms with Crippen molar-refractivity contribution in [3.8, 4) is 11.1 Å². The highest BCUT2D eigenvalue weighted by Crippen LogP contribution is 2.34. The number of aromatic nitrogens is 2. The predicted molar refractivity (Wildman–Crippen MR) is 92.7 cm³/mol. The molecule has 0 saturated carbocycles. The molecule has 0 bridgehead atoms. The molecule has 3 heterocycles. The fraction of sp³-hybridized carbons (Fsp3) is 0.167. The molecule has 24 heavy (non-hydrogen) atoms. The third-order valence-electron chi connectivity index (χ3n) is 4.24. The number of benzene rings is 1. The van der Waals surface area contributed by atoms with E-state index >= 15 is 0 Å². The molecule has 1 aliphatic rings.